The molecule has 4 rings (SSSR count). The maximum absolute atomic E-state index is 13.3. The first-order chi connectivity index (χ1) is 15.3. The molecule has 1 N–H and O–H groups in total. The summed E-state index contributed by atoms with van der Waals surface area (Å²) < 4.78 is 2.99. The fourth-order valence-electron chi connectivity index (χ4n) is 3.90. The summed E-state index contributed by atoms with van der Waals surface area (Å²) in [7, 11) is 0. The Morgan fingerprint density at radius 3 is 2.38 bits per heavy atom. The molecular weight excluding hydrogens is 402 g/mol. The molecule has 2 heterocycles. The normalized spacial score (nSPS) is 12.2. The third kappa shape index (κ3) is 3.82. The van der Waals surface area contributed by atoms with Crippen LogP contribution in [0.25, 0.3) is 16.6 Å². The minimum atomic E-state index is -0.764. The van der Waals surface area contributed by atoms with E-state index in [1.54, 1.807) is 11.6 Å². The molecule has 2 aromatic carbocycles. The zero-order valence-electron chi connectivity index (χ0n) is 19.0. The maximum Gasteiger partial charge on any atom is 0.295 e. The van der Waals surface area contributed by atoms with Gasteiger partial charge < -0.3 is 5.32 Å². The molecule has 0 radical (unpaired) electrons. The molecular formula is C25H27N5O2. The van der Waals surface area contributed by atoms with Crippen molar-refractivity contribution < 1.29 is 4.79 Å². The molecule has 4 aromatic rings. The Kier molecular flexibility index (Phi) is 5.65. The van der Waals surface area contributed by atoms with Crippen LogP contribution in [0.3, 0.4) is 0 Å². The maximum atomic E-state index is 13.3. The molecule has 32 heavy (non-hydrogen) atoms. The van der Waals surface area contributed by atoms with Crippen molar-refractivity contribution in [2.75, 3.05) is 0 Å². The minimum absolute atomic E-state index is 0.267. The van der Waals surface area contributed by atoms with Crippen LogP contribution in [-0.2, 0) is 11.3 Å². The Labute approximate surface area is 186 Å². The van der Waals surface area contributed by atoms with E-state index in [2.05, 4.69) is 15.5 Å². The van der Waals surface area contributed by atoms with Crippen molar-refractivity contribution in [2.45, 2.75) is 47.2 Å². The number of hydrogen-bond donors (Lipinski definition) is 1. The van der Waals surface area contributed by atoms with Crippen LogP contribution in [0.5, 0.6) is 0 Å². The van der Waals surface area contributed by atoms with E-state index in [4.69, 9.17) is 0 Å². The van der Waals surface area contributed by atoms with Gasteiger partial charge in [-0.1, -0.05) is 42.0 Å². The first-order valence-corrected chi connectivity index (χ1v) is 10.7. The first-order valence-electron chi connectivity index (χ1n) is 10.7. The lowest BCUT2D eigenvalue weighted by molar-refractivity contribution is -0.124. The van der Waals surface area contributed by atoms with Crippen LogP contribution in [0.1, 0.15) is 41.0 Å². The number of carbonyl (C=O) groups excluding carboxylic acids is 1. The Hall–Kier alpha value is -3.74. The summed E-state index contributed by atoms with van der Waals surface area (Å²) in [4.78, 5) is 26.1. The highest BCUT2D eigenvalue weighted by atomic mass is 16.2. The predicted octanol–water partition coefficient (Wildman–Crippen LogP) is 3.69. The Morgan fingerprint density at radius 2 is 1.69 bits per heavy atom. The molecule has 0 aliphatic heterocycles. The summed E-state index contributed by atoms with van der Waals surface area (Å²) in [6, 6.07) is 15.1. The van der Waals surface area contributed by atoms with Gasteiger partial charge in [0.05, 0.1) is 22.5 Å². The third-order valence-electron chi connectivity index (χ3n) is 5.89. The number of benzene rings is 2. The number of fused-ring (bicyclic) bond motifs is 1. The van der Waals surface area contributed by atoms with Crippen LogP contribution in [0.4, 0.5) is 0 Å². The van der Waals surface area contributed by atoms with E-state index < -0.39 is 6.04 Å². The van der Waals surface area contributed by atoms with Gasteiger partial charge >= 0.3 is 0 Å². The number of amides is 1. The summed E-state index contributed by atoms with van der Waals surface area (Å²) in [5.74, 6) is -0.267. The van der Waals surface area contributed by atoms with Gasteiger partial charge in [0, 0.05) is 6.54 Å². The third-order valence-corrected chi connectivity index (χ3v) is 5.89. The van der Waals surface area contributed by atoms with Gasteiger partial charge in [0.25, 0.3) is 5.56 Å². The monoisotopic (exact) mass is 429 g/mol. The summed E-state index contributed by atoms with van der Waals surface area (Å²) in [6.45, 7) is 9.86. The fraction of sp³-hybridized carbons (Fsp3) is 0.280. The molecule has 0 bridgehead atoms. The second-order valence-electron chi connectivity index (χ2n) is 8.21. The summed E-state index contributed by atoms with van der Waals surface area (Å²) in [5.41, 5.74) is 5.60. The van der Waals surface area contributed by atoms with Crippen LogP contribution in [0, 0.1) is 27.7 Å². The van der Waals surface area contributed by atoms with Crippen LogP contribution < -0.4 is 10.9 Å². The fourth-order valence-corrected chi connectivity index (χ4v) is 3.90. The van der Waals surface area contributed by atoms with E-state index in [1.165, 1.54) is 4.68 Å². The lowest BCUT2D eigenvalue weighted by atomic mass is 10.1. The number of aryl methyl sites for hydroxylation is 4. The average molecular weight is 430 g/mol. The molecule has 0 fully saturated rings. The number of hydrogen-bond acceptors (Lipinski definition) is 4. The zero-order valence-corrected chi connectivity index (χ0v) is 19.0. The molecule has 1 atom stereocenters. The van der Waals surface area contributed by atoms with E-state index in [0.717, 1.165) is 33.5 Å². The van der Waals surface area contributed by atoms with E-state index in [9.17, 15) is 9.59 Å². The second-order valence-corrected chi connectivity index (χ2v) is 8.21. The number of nitrogens with zero attached hydrogens (tertiary/aromatic N) is 4. The average Bonchev–Trinajstić information content (AvgIpc) is 3.13. The van der Waals surface area contributed by atoms with Crippen LogP contribution in [0.2, 0.25) is 0 Å². The number of carbonyl (C=O) groups is 1. The van der Waals surface area contributed by atoms with Gasteiger partial charge in [0.15, 0.2) is 5.52 Å². The van der Waals surface area contributed by atoms with Gasteiger partial charge in [-0.2, -0.15) is 10.2 Å². The van der Waals surface area contributed by atoms with Gasteiger partial charge in [-0.3, -0.25) is 9.59 Å². The molecule has 0 aliphatic carbocycles. The first kappa shape index (κ1) is 21.5. The van der Waals surface area contributed by atoms with Crippen molar-refractivity contribution in [1.82, 2.24) is 24.9 Å². The molecule has 7 nitrogen and oxygen atoms in total. The van der Waals surface area contributed by atoms with Crippen molar-refractivity contribution in [3.63, 3.8) is 0 Å². The summed E-state index contributed by atoms with van der Waals surface area (Å²) in [6.07, 6.45) is 0. The molecule has 0 saturated carbocycles. The molecule has 0 saturated heterocycles. The van der Waals surface area contributed by atoms with Gasteiger partial charge in [-0.05, 0) is 57.9 Å². The molecule has 0 aliphatic rings. The smallest absolute Gasteiger partial charge is 0.295 e. The second kappa shape index (κ2) is 8.42. The van der Waals surface area contributed by atoms with Crippen molar-refractivity contribution >= 4 is 16.8 Å². The highest BCUT2D eigenvalue weighted by Crippen LogP contribution is 2.22. The topological polar surface area (TPSA) is 81.8 Å². The van der Waals surface area contributed by atoms with Crippen LogP contribution in [0.15, 0.2) is 53.3 Å². The zero-order chi connectivity index (χ0) is 23.0. The highest BCUT2D eigenvalue weighted by Gasteiger charge is 2.23. The van der Waals surface area contributed by atoms with Gasteiger partial charge in [0.1, 0.15) is 6.04 Å². The standard InChI is InChI=1S/C25H27N5O2/c1-15-10-12-21(13-11-15)29-18(4)22-17(3)27-30(25(32)23(22)28-29)19(5)24(31)26-14-20-9-7-6-8-16(20)2/h6-13,19H,14H2,1-5H3,(H,26,31). The highest BCUT2D eigenvalue weighted by molar-refractivity contribution is 5.84. The predicted molar refractivity (Wildman–Crippen MR) is 125 cm³/mol. The van der Waals surface area contributed by atoms with E-state index in [0.29, 0.717) is 17.8 Å². The van der Waals surface area contributed by atoms with Gasteiger partial charge in [-0.15, -0.1) is 0 Å². The molecule has 2 aromatic heterocycles. The van der Waals surface area contributed by atoms with Crippen molar-refractivity contribution in [1.29, 1.82) is 0 Å². The largest absolute Gasteiger partial charge is 0.350 e. The van der Waals surface area contributed by atoms with Gasteiger partial charge in [0.2, 0.25) is 5.91 Å². The molecule has 1 amide bonds. The summed E-state index contributed by atoms with van der Waals surface area (Å²) in [5, 5.41) is 12.7. The lowest BCUT2D eigenvalue weighted by Crippen LogP contribution is -2.37. The van der Waals surface area contributed by atoms with Crippen LogP contribution >= 0.6 is 0 Å². The van der Waals surface area contributed by atoms with E-state index in [1.807, 2.05) is 76.2 Å². The molecule has 0 spiro atoms. The lowest BCUT2D eigenvalue weighted by Gasteiger charge is -2.15. The number of nitrogens with one attached hydrogen (secondary N) is 1. The van der Waals surface area contributed by atoms with Crippen LogP contribution in [-0.4, -0.2) is 25.5 Å². The van der Waals surface area contributed by atoms with E-state index in [-0.39, 0.29) is 11.5 Å². The number of rotatable bonds is 5. The van der Waals surface area contributed by atoms with E-state index >= 15 is 0 Å². The minimum Gasteiger partial charge on any atom is -0.350 e. The number of aromatic nitrogens is 4. The van der Waals surface area contributed by atoms with Gasteiger partial charge in [-0.25, -0.2) is 9.36 Å². The van der Waals surface area contributed by atoms with Crippen molar-refractivity contribution in [2.24, 2.45) is 0 Å². The Balaban J connectivity index is 1.68. The Morgan fingerprint density at radius 1 is 1.00 bits per heavy atom. The molecule has 1 unspecified atom stereocenters. The molecule has 7 heteroatoms. The SMILES string of the molecule is Cc1ccc(-n2nc3c(=O)n(C(C)C(=O)NCc4ccccc4C)nc(C)c3c2C)cc1. The summed E-state index contributed by atoms with van der Waals surface area (Å²) >= 11 is 0. The Bertz CT molecular complexity index is 1370. The van der Waals surface area contributed by atoms with Crippen molar-refractivity contribution in [3.8, 4) is 5.69 Å². The quantitative estimate of drug-likeness (QED) is 0.525. The van der Waals surface area contributed by atoms with Crippen molar-refractivity contribution in [3.05, 3.63) is 87.0 Å². The molecule has 164 valence electrons.